The number of hydrogen-bond acceptors (Lipinski definition) is 2. The fraction of sp³-hybridized carbons (Fsp3) is 0.111. The SMILES string of the molecule is Cc1c(/C=C/c2nc3ccc(I)cc3c(=O)n2Cc2ccccc2)c2ccccc2n1C. The van der Waals surface area contributed by atoms with Gasteiger partial charge >= 0.3 is 0 Å². The van der Waals surface area contributed by atoms with E-state index >= 15 is 0 Å². The maximum atomic E-state index is 13.5. The summed E-state index contributed by atoms with van der Waals surface area (Å²) in [5.41, 5.74) is 5.27. The van der Waals surface area contributed by atoms with Crippen LogP contribution in [0.2, 0.25) is 0 Å². The number of fused-ring (bicyclic) bond motifs is 2. The Morgan fingerprint density at radius 1 is 0.938 bits per heavy atom. The van der Waals surface area contributed by atoms with Crippen LogP contribution in [-0.4, -0.2) is 14.1 Å². The summed E-state index contributed by atoms with van der Waals surface area (Å²) < 4.78 is 4.99. The molecular weight excluding hydrogens is 509 g/mol. The second kappa shape index (κ2) is 8.39. The van der Waals surface area contributed by atoms with Gasteiger partial charge in [0.25, 0.3) is 5.56 Å². The molecule has 0 saturated heterocycles. The summed E-state index contributed by atoms with van der Waals surface area (Å²) >= 11 is 2.23. The van der Waals surface area contributed by atoms with Crippen LogP contribution < -0.4 is 5.56 Å². The maximum absolute atomic E-state index is 13.5. The van der Waals surface area contributed by atoms with E-state index in [1.807, 2.05) is 54.6 Å². The van der Waals surface area contributed by atoms with Gasteiger partial charge in [0, 0.05) is 32.8 Å². The van der Waals surface area contributed by atoms with Crippen LogP contribution in [0.1, 0.15) is 22.6 Å². The van der Waals surface area contributed by atoms with E-state index in [0.29, 0.717) is 23.3 Å². The zero-order valence-corrected chi connectivity index (χ0v) is 20.1. The maximum Gasteiger partial charge on any atom is 0.261 e. The Morgan fingerprint density at radius 3 is 2.50 bits per heavy atom. The number of rotatable bonds is 4. The van der Waals surface area contributed by atoms with Crippen molar-refractivity contribution in [3.8, 4) is 0 Å². The molecule has 0 aliphatic rings. The summed E-state index contributed by atoms with van der Waals surface area (Å²) in [5, 5.41) is 1.84. The van der Waals surface area contributed by atoms with Crippen LogP contribution >= 0.6 is 22.6 Å². The first-order valence-electron chi connectivity index (χ1n) is 10.5. The van der Waals surface area contributed by atoms with Crippen molar-refractivity contribution in [1.82, 2.24) is 14.1 Å². The molecule has 0 saturated carbocycles. The fourth-order valence-electron chi connectivity index (χ4n) is 4.17. The van der Waals surface area contributed by atoms with Gasteiger partial charge in [0.2, 0.25) is 0 Å². The lowest BCUT2D eigenvalue weighted by atomic mass is 10.1. The van der Waals surface area contributed by atoms with Gasteiger partial charge in [-0.15, -0.1) is 0 Å². The van der Waals surface area contributed by atoms with Crippen molar-refractivity contribution < 1.29 is 0 Å². The van der Waals surface area contributed by atoms with Gasteiger partial charge in [0.1, 0.15) is 5.82 Å². The summed E-state index contributed by atoms with van der Waals surface area (Å²) in [5.74, 6) is 0.653. The second-order valence-corrected chi connectivity index (χ2v) is 9.16. The fourth-order valence-corrected chi connectivity index (χ4v) is 4.67. The molecule has 4 nitrogen and oxygen atoms in total. The summed E-state index contributed by atoms with van der Waals surface area (Å²) in [6.07, 6.45) is 4.05. The number of aromatic nitrogens is 3. The molecule has 2 aromatic heterocycles. The Hall–Kier alpha value is -3.19. The highest BCUT2D eigenvalue weighted by molar-refractivity contribution is 14.1. The van der Waals surface area contributed by atoms with Crippen molar-refractivity contribution >= 4 is 56.5 Å². The Bertz CT molecular complexity index is 1540. The predicted molar refractivity (Wildman–Crippen MR) is 141 cm³/mol. The Balaban J connectivity index is 1.70. The number of halogens is 1. The van der Waals surface area contributed by atoms with Crippen LogP contribution in [0.15, 0.2) is 77.6 Å². The lowest BCUT2D eigenvalue weighted by molar-refractivity contribution is 0.738. The van der Waals surface area contributed by atoms with E-state index < -0.39 is 0 Å². The van der Waals surface area contributed by atoms with Gasteiger partial charge in [0.05, 0.1) is 17.4 Å². The highest BCUT2D eigenvalue weighted by Gasteiger charge is 2.12. The number of nitrogens with zero attached hydrogens (tertiary/aromatic N) is 3. The average molecular weight is 531 g/mol. The van der Waals surface area contributed by atoms with Crippen LogP contribution in [0.3, 0.4) is 0 Å². The number of para-hydroxylation sites is 1. The molecule has 0 atom stereocenters. The van der Waals surface area contributed by atoms with Crippen LogP contribution in [0.5, 0.6) is 0 Å². The van der Waals surface area contributed by atoms with Gasteiger partial charge in [-0.25, -0.2) is 4.98 Å². The van der Waals surface area contributed by atoms with E-state index in [2.05, 4.69) is 71.5 Å². The van der Waals surface area contributed by atoms with E-state index in [0.717, 1.165) is 14.7 Å². The largest absolute Gasteiger partial charge is 0.347 e. The summed E-state index contributed by atoms with van der Waals surface area (Å²) in [4.78, 5) is 18.4. The Morgan fingerprint density at radius 2 is 1.69 bits per heavy atom. The Kier molecular flexibility index (Phi) is 5.43. The van der Waals surface area contributed by atoms with Crippen molar-refractivity contribution in [2.75, 3.05) is 0 Å². The molecule has 5 aromatic rings. The van der Waals surface area contributed by atoms with E-state index in [4.69, 9.17) is 4.98 Å². The van der Waals surface area contributed by atoms with Crippen molar-refractivity contribution in [3.05, 3.63) is 109 Å². The van der Waals surface area contributed by atoms with Crippen molar-refractivity contribution in [1.29, 1.82) is 0 Å². The third-order valence-electron chi connectivity index (χ3n) is 5.98. The first-order valence-corrected chi connectivity index (χ1v) is 11.6. The molecule has 158 valence electrons. The monoisotopic (exact) mass is 531 g/mol. The molecule has 3 aromatic carbocycles. The molecule has 0 fully saturated rings. The number of benzene rings is 3. The normalized spacial score (nSPS) is 11.7. The van der Waals surface area contributed by atoms with Gasteiger partial charge in [-0.05, 0) is 71.5 Å². The molecule has 0 amide bonds. The molecule has 32 heavy (non-hydrogen) atoms. The lowest BCUT2D eigenvalue weighted by Crippen LogP contribution is -2.24. The average Bonchev–Trinajstić information content (AvgIpc) is 3.05. The van der Waals surface area contributed by atoms with E-state index in [1.54, 1.807) is 4.57 Å². The van der Waals surface area contributed by atoms with Gasteiger partial charge < -0.3 is 4.57 Å². The molecule has 0 radical (unpaired) electrons. The van der Waals surface area contributed by atoms with Crippen LogP contribution in [0.4, 0.5) is 0 Å². The quantitative estimate of drug-likeness (QED) is 0.266. The molecule has 5 heteroatoms. The zero-order chi connectivity index (χ0) is 22.2. The molecule has 0 aliphatic carbocycles. The van der Waals surface area contributed by atoms with Crippen molar-refractivity contribution in [3.63, 3.8) is 0 Å². The van der Waals surface area contributed by atoms with Gasteiger partial charge in [0.15, 0.2) is 0 Å². The topological polar surface area (TPSA) is 39.8 Å². The third-order valence-corrected chi connectivity index (χ3v) is 6.65. The molecule has 0 aliphatic heterocycles. The molecule has 0 N–H and O–H groups in total. The minimum Gasteiger partial charge on any atom is -0.347 e. The molecule has 2 heterocycles. The smallest absolute Gasteiger partial charge is 0.261 e. The number of hydrogen-bond donors (Lipinski definition) is 0. The summed E-state index contributed by atoms with van der Waals surface area (Å²) in [7, 11) is 2.08. The highest BCUT2D eigenvalue weighted by atomic mass is 127. The van der Waals surface area contributed by atoms with Gasteiger partial charge in [-0.1, -0.05) is 48.5 Å². The van der Waals surface area contributed by atoms with Gasteiger partial charge in [-0.3, -0.25) is 9.36 Å². The first-order chi connectivity index (χ1) is 15.5. The van der Waals surface area contributed by atoms with E-state index in [9.17, 15) is 4.79 Å². The summed E-state index contributed by atoms with van der Waals surface area (Å²) in [6.45, 7) is 2.59. The summed E-state index contributed by atoms with van der Waals surface area (Å²) in [6, 6.07) is 24.2. The molecule has 0 bridgehead atoms. The highest BCUT2D eigenvalue weighted by Crippen LogP contribution is 2.26. The predicted octanol–water partition coefficient (Wildman–Crippen LogP) is 6.02. The minimum absolute atomic E-state index is 0.0216. The van der Waals surface area contributed by atoms with Gasteiger partial charge in [-0.2, -0.15) is 0 Å². The number of aryl methyl sites for hydroxylation is 1. The first kappa shape index (κ1) is 20.7. The molecule has 0 spiro atoms. The zero-order valence-electron chi connectivity index (χ0n) is 17.9. The van der Waals surface area contributed by atoms with E-state index in [1.165, 1.54) is 16.6 Å². The molecule has 0 unspecified atom stereocenters. The van der Waals surface area contributed by atoms with Crippen LogP contribution in [-0.2, 0) is 13.6 Å². The van der Waals surface area contributed by atoms with Crippen molar-refractivity contribution in [2.24, 2.45) is 7.05 Å². The van der Waals surface area contributed by atoms with Crippen LogP contribution in [0, 0.1) is 10.5 Å². The molecule has 5 rings (SSSR count). The minimum atomic E-state index is -0.0216. The van der Waals surface area contributed by atoms with Crippen LogP contribution in [0.25, 0.3) is 34.0 Å². The standard InChI is InChI=1S/C27H22IN3O/c1-18-21(22-10-6-7-11-25(22)30(18)2)13-15-26-29-24-14-12-20(28)16-23(24)27(32)31(26)17-19-8-4-3-5-9-19/h3-16H,17H2,1-2H3/b15-13+. The Labute approximate surface area is 200 Å². The third kappa shape index (κ3) is 3.66. The second-order valence-electron chi connectivity index (χ2n) is 7.92. The van der Waals surface area contributed by atoms with E-state index in [-0.39, 0.29) is 5.56 Å². The lowest BCUT2D eigenvalue weighted by Gasteiger charge is -2.12. The van der Waals surface area contributed by atoms with Crippen molar-refractivity contribution in [2.45, 2.75) is 13.5 Å². The molecular formula is C27H22IN3O.